The zero-order valence-electron chi connectivity index (χ0n) is 12.1. The van der Waals surface area contributed by atoms with Crippen molar-refractivity contribution < 1.29 is 13.6 Å². The van der Waals surface area contributed by atoms with Crippen LogP contribution in [0.3, 0.4) is 0 Å². The van der Waals surface area contributed by atoms with E-state index in [4.69, 9.17) is 5.53 Å². The Hall–Kier alpha value is -2.72. The number of carbonyl (C=O) groups excluding carboxylic acids is 1. The van der Waals surface area contributed by atoms with E-state index in [1.54, 1.807) is 13.0 Å². The Morgan fingerprint density at radius 1 is 1.32 bits per heavy atom. The highest BCUT2D eigenvalue weighted by molar-refractivity contribution is 5.96. The van der Waals surface area contributed by atoms with E-state index >= 15 is 0 Å². The highest BCUT2D eigenvalue weighted by Crippen LogP contribution is 2.31. The van der Waals surface area contributed by atoms with Crippen molar-refractivity contribution >= 4 is 11.5 Å². The Balaban J connectivity index is 2.67. The van der Waals surface area contributed by atoms with Crippen LogP contribution in [0.1, 0.15) is 34.0 Å². The van der Waals surface area contributed by atoms with Gasteiger partial charge in [-0.15, -0.1) is 0 Å². The molecule has 0 bridgehead atoms. The lowest BCUT2D eigenvalue weighted by Gasteiger charge is -2.13. The number of rotatable bonds is 4. The minimum Gasteiger partial charge on any atom is -0.294 e. The van der Waals surface area contributed by atoms with Gasteiger partial charge in [0.2, 0.25) is 0 Å². The number of halogens is 2. The summed E-state index contributed by atoms with van der Waals surface area (Å²) in [5.74, 6) is -1.60. The Morgan fingerprint density at radius 2 is 2.00 bits per heavy atom. The first-order valence-corrected chi connectivity index (χ1v) is 6.57. The van der Waals surface area contributed by atoms with E-state index < -0.39 is 11.6 Å². The Morgan fingerprint density at radius 3 is 2.59 bits per heavy atom. The predicted octanol–water partition coefficient (Wildman–Crippen LogP) is 5.01. The molecule has 0 unspecified atom stereocenters. The molecule has 22 heavy (non-hydrogen) atoms. The molecule has 0 atom stereocenters. The van der Waals surface area contributed by atoms with E-state index in [9.17, 15) is 13.6 Å². The molecule has 0 aliphatic heterocycles. The largest absolute Gasteiger partial charge is 0.294 e. The average molecular weight is 301 g/mol. The van der Waals surface area contributed by atoms with Gasteiger partial charge >= 0.3 is 0 Å². The maximum Gasteiger partial charge on any atom is 0.160 e. The molecule has 2 aromatic rings. The Kier molecular flexibility index (Phi) is 4.53. The summed E-state index contributed by atoms with van der Waals surface area (Å²) in [5.41, 5.74) is 9.19. The number of azide groups is 1. The number of benzene rings is 2. The van der Waals surface area contributed by atoms with E-state index in [0.717, 1.165) is 0 Å². The number of nitrogens with zero attached hydrogens (tertiary/aromatic N) is 3. The average Bonchev–Trinajstić information content (AvgIpc) is 2.48. The minimum absolute atomic E-state index is 0.0330. The normalized spacial score (nSPS) is 10.2. The maximum atomic E-state index is 14.6. The van der Waals surface area contributed by atoms with Gasteiger partial charge in [0.05, 0.1) is 5.69 Å². The van der Waals surface area contributed by atoms with Crippen molar-refractivity contribution in [1.82, 2.24) is 0 Å². The summed E-state index contributed by atoms with van der Waals surface area (Å²) in [6.07, 6.45) is -0.0956. The molecule has 0 aliphatic rings. The maximum absolute atomic E-state index is 14.6. The fourth-order valence-corrected chi connectivity index (χ4v) is 2.29. The molecule has 112 valence electrons. The Labute approximate surface area is 126 Å². The van der Waals surface area contributed by atoms with E-state index in [1.807, 2.05) is 0 Å². The first-order chi connectivity index (χ1) is 10.5. The molecular formula is C16H13F2N3O. The van der Waals surface area contributed by atoms with Crippen molar-refractivity contribution in [2.24, 2.45) is 5.11 Å². The second-order valence-corrected chi connectivity index (χ2v) is 4.90. The number of ketones is 1. The zero-order valence-corrected chi connectivity index (χ0v) is 12.1. The third-order valence-electron chi connectivity index (χ3n) is 3.38. The minimum atomic E-state index is -0.786. The van der Waals surface area contributed by atoms with Crippen LogP contribution in [0.4, 0.5) is 14.5 Å². The van der Waals surface area contributed by atoms with Gasteiger partial charge in [0.15, 0.2) is 5.78 Å². The Bertz CT molecular complexity index is 796. The number of carbonyl (C=O) groups is 1. The summed E-state index contributed by atoms with van der Waals surface area (Å²) in [6, 6.07) is 7.41. The molecule has 0 amide bonds. The second-order valence-electron chi connectivity index (χ2n) is 4.90. The molecule has 0 saturated carbocycles. The molecule has 2 rings (SSSR count). The first kappa shape index (κ1) is 15.7. The summed E-state index contributed by atoms with van der Waals surface area (Å²) in [6.45, 7) is 2.86. The van der Waals surface area contributed by atoms with Crippen LogP contribution < -0.4 is 0 Å². The molecule has 0 heterocycles. The van der Waals surface area contributed by atoms with E-state index in [-0.39, 0.29) is 34.6 Å². The van der Waals surface area contributed by atoms with Crippen LogP contribution in [0.5, 0.6) is 0 Å². The van der Waals surface area contributed by atoms with Crippen molar-refractivity contribution in [3.8, 4) is 0 Å². The molecule has 4 nitrogen and oxygen atoms in total. The van der Waals surface area contributed by atoms with Crippen LogP contribution >= 0.6 is 0 Å². The van der Waals surface area contributed by atoms with Crippen molar-refractivity contribution in [3.05, 3.63) is 74.7 Å². The molecule has 0 fully saturated rings. The highest BCUT2D eigenvalue weighted by atomic mass is 19.1. The molecule has 2 aromatic carbocycles. The SMILES string of the molecule is CC(=O)c1cc(C)c(N=[N+]=[N-])c(F)c1Cc1ccccc1F. The summed E-state index contributed by atoms with van der Waals surface area (Å²) < 4.78 is 28.4. The highest BCUT2D eigenvalue weighted by Gasteiger charge is 2.19. The van der Waals surface area contributed by atoms with E-state index in [2.05, 4.69) is 10.0 Å². The second kappa shape index (κ2) is 6.37. The summed E-state index contributed by atoms with van der Waals surface area (Å²) in [5, 5.41) is 3.33. The topological polar surface area (TPSA) is 65.8 Å². The number of aryl methyl sites for hydroxylation is 1. The zero-order chi connectivity index (χ0) is 16.3. The first-order valence-electron chi connectivity index (χ1n) is 6.57. The quantitative estimate of drug-likeness (QED) is 0.339. The van der Waals surface area contributed by atoms with Gasteiger partial charge in [0, 0.05) is 22.5 Å². The standard InChI is InChI=1S/C16H13F2N3O/c1-9-7-12(10(2)22)13(15(18)16(9)20-21-19)8-11-5-3-4-6-14(11)17/h3-7H,8H2,1-2H3. The number of Topliss-reactive ketones (excluding diaryl/α,β-unsaturated/α-hetero) is 1. The molecule has 0 spiro atoms. The number of hydrogen-bond donors (Lipinski definition) is 0. The lowest BCUT2D eigenvalue weighted by atomic mass is 9.94. The van der Waals surface area contributed by atoms with Crippen molar-refractivity contribution in [2.45, 2.75) is 20.3 Å². The van der Waals surface area contributed by atoms with Gasteiger partial charge in [-0.25, -0.2) is 8.78 Å². The van der Waals surface area contributed by atoms with Gasteiger partial charge in [-0.2, -0.15) is 0 Å². The molecule has 0 aromatic heterocycles. The van der Waals surface area contributed by atoms with Gasteiger partial charge in [0.1, 0.15) is 11.6 Å². The van der Waals surface area contributed by atoms with Crippen LogP contribution in [0.25, 0.3) is 10.4 Å². The van der Waals surface area contributed by atoms with Crippen molar-refractivity contribution in [2.75, 3.05) is 0 Å². The van der Waals surface area contributed by atoms with Gasteiger partial charge in [-0.1, -0.05) is 23.3 Å². The predicted molar refractivity (Wildman–Crippen MR) is 79.2 cm³/mol. The monoisotopic (exact) mass is 301 g/mol. The van der Waals surface area contributed by atoms with Crippen molar-refractivity contribution in [3.63, 3.8) is 0 Å². The third kappa shape index (κ3) is 2.97. The van der Waals surface area contributed by atoms with Gasteiger partial charge in [0.25, 0.3) is 0 Å². The van der Waals surface area contributed by atoms with E-state index in [0.29, 0.717) is 5.56 Å². The fraction of sp³-hybridized carbons (Fsp3) is 0.188. The van der Waals surface area contributed by atoms with Gasteiger partial charge < -0.3 is 0 Å². The van der Waals surface area contributed by atoms with Crippen molar-refractivity contribution in [1.29, 1.82) is 0 Å². The molecular weight excluding hydrogens is 288 g/mol. The lowest BCUT2D eigenvalue weighted by molar-refractivity contribution is 0.101. The van der Waals surface area contributed by atoms with Crippen LogP contribution in [0, 0.1) is 18.6 Å². The summed E-state index contributed by atoms with van der Waals surface area (Å²) in [4.78, 5) is 14.3. The van der Waals surface area contributed by atoms with Crippen LogP contribution in [-0.2, 0) is 6.42 Å². The molecule has 0 radical (unpaired) electrons. The van der Waals surface area contributed by atoms with Crippen LogP contribution in [0.2, 0.25) is 0 Å². The van der Waals surface area contributed by atoms with Gasteiger partial charge in [-0.3, -0.25) is 4.79 Å². The fourth-order valence-electron chi connectivity index (χ4n) is 2.29. The van der Waals surface area contributed by atoms with E-state index in [1.165, 1.54) is 31.2 Å². The van der Waals surface area contributed by atoms with Crippen LogP contribution in [0.15, 0.2) is 35.4 Å². The molecule has 0 aliphatic carbocycles. The van der Waals surface area contributed by atoms with Crippen LogP contribution in [-0.4, -0.2) is 5.78 Å². The molecule has 0 saturated heterocycles. The lowest BCUT2D eigenvalue weighted by Crippen LogP contribution is -2.06. The third-order valence-corrected chi connectivity index (χ3v) is 3.38. The van der Waals surface area contributed by atoms with Gasteiger partial charge in [-0.05, 0) is 42.6 Å². The summed E-state index contributed by atoms with van der Waals surface area (Å²) >= 11 is 0. The number of hydrogen-bond acceptors (Lipinski definition) is 2. The molecule has 0 N–H and O–H groups in total. The summed E-state index contributed by atoms with van der Waals surface area (Å²) in [7, 11) is 0. The molecule has 6 heteroatoms. The smallest absolute Gasteiger partial charge is 0.160 e.